The summed E-state index contributed by atoms with van der Waals surface area (Å²) in [6.07, 6.45) is 0.213. The van der Waals surface area contributed by atoms with Gasteiger partial charge in [-0.05, 0) is 32.0 Å². The molecule has 0 aromatic rings. The Morgan fingerprint density at radius 2 is 2.44 bits per heavy atom. The van der Waals surface area contributed by atoms with E-state index in [0.717, 1.165) is 26.1 Å². The SMILES string of the molecule is N#CC1CC(F)CN1C(=O)CNCC1CCNC1. The molecule has 2 aliphatic rings. The summed E-state index contributed by atoms with van der Waals surface area (Å²) in [5.41, 5.74) is 0. The highest BCUT2D eigenvalue weighted by Gasteiger charge is 2.35. The molecular weight excluding hydrogens is 235 g/mol. The second-order valence-corrected chi connectivity index (χ2v) is 5.01. The van der Waals surface area contributed by atoms with E-state index in [1.807, 2.05) is 6.07 Å². The molecule has 2 N–H and O–H groups in total. The van der Waals surface area contributed by atoms with E-state index < -0.39 is 12.2 Å². The zero-order valence-corrected chi connectivity index (χ0v) is 10.4. The standard InChI is InChI=1S/C12H19FN4O/c13-10-3-11(4-14)17(8-10)12(18)7-16-6-9-1-2-15-5-9/h9-11,15-16H,1-3,5-8H2. The first-order valence-corrected chi connectivity index (χ1v) is 6.45. The second-order valence-electron chi connectivity index (χ2n) is 5.01. The molecule has 2 rings (SSSR count). The number of nitrogens with one attached hydrogen (secondary N) is 2. The summed E-state index contributed by atoms with van der Waals surface area (Å²) in [5, 5.41) is 15.2. The smallest absolute Gasteiger partial charge is 0.237 e. The molecule has 2 fully saturated rings. The highest BCUT2D eigenvalue weighted by molar-refractivity contribution is 5.79. The van der Waals surface area contributed by atoms with Crippen molar-refractivity contribution in [2.24, 2.45) is 5.92 Å². The van der Waals surface area contributed by atoms with Crippen LogP contribution in [-0.2, 0) is 4.79 Å². The molecule has 0 aliphatic carbocycles. The summed E-state index contributed by atoms with van der Waals surface area (Å²) >= 11 is 0. The van der Waals surface area contributed by atoms with Crippen LogP contribution in [0.3, 0.4) is 0 Å². The topological polar surface area (TPSA) is 68.2 Å². The van der Waals surface area contributed by atoms with Crippen molar-refractivity contribution in [2.45, 2.75) is 25.1 Å². The Bertz CT molecular complexity index is 337. The quantitative estimate of drug-likeness (QED) is 0.719. The number of hydrogen-bond donors (Lipinski definition) is 2. The first kappa shape index (κ1) is 13.2. The molecule has 0 spiro atoms. The molecule has 0 saturated carbocycles. The van der Waals surface area contributed by atoms with E-state index in [9.17, 15) is 9.18 Å². The normalized spacial score (nSPS) is 31.6. The Labute approximate surface area is 106 Å². The number of amides is 1. The fourth-order valence-corrected chi connectivity index (χ4v) is 2.56. The van der Waals surface area contributed by atoms with Crippen molar-refractivity contribution < 1.29 is 9.18 Å². The van der Waals surface area contributed by atoms with E-state index in [-0.39, 0.29) is 25.4 Å². The maximum Gasteiger partial charge on any atom is 0.237 e. The lowest BCUT2D eigenvalue weighted by atomic mass is 10.1. The molecule has 0 radical (unpaired) electrons. The molecule has 2 heterocycles. The van der Waals surface area contributed by atoms with Crippen molar-refractivity contribution >= 4 is 5.91 Å². The summed E-state index contributed by atoms with van der Waals surface area (Å²) in [4.78, 5) is 13.2. The largest absolute Gasteiger partial charge is 0.323 e. The average Bonchev–Trinajstić information content (AvgIpc) is 2.98. The summed E-state index contributed by atoms with van der Waals surface area (Å²) in [6, 6.07) is 1.39. The van der Waals surface area contributed by atoms with E-state index in [4.69, 9.17) is 5.26 Å². The van der Waals surface area contributed by atoms with Crippen LogP contribution in [0, 0.1) is 17.2 Å². The molecular formula is C12H19FN4O. The minimum Gasteiger partial charge on any atom is -0.323 e. The van der Waals surface area contributed by atoms with Crippen molar-refractivity contribution in [3.05, 3.63) is 0 Å². The van der Waals surface area contributed by atoms with E-state index in [2.05, 4.69) is 10.6 Å². The van der Waals surface area contributed by atoms with Gasteiger partial charge >= 0.3 is 0 Å². The maximum atomic E-state index is 13.2. The van der Waals surface area contributed by atoms with Gasteiger partial charge in [0.1, 0.15) is 12.2 Å². The fraction of sp³-hybridized carbons (Fsp3) is 0.833. The molecule has 5 nitrogen and oxygen atoms in total. The second kappa shape index (κ2) is 6.12. The first-order chi connectivity index (χ1) is 8.70. The fourth-order valence-electron chi connectivity index (χ4n) is 2.56. The highest BCUT2D eigenvalue weighted by atomic mass is 19.1. The van der Waals surface area contributed by atoms with E-state index >= 15 is 0 Å². The monoisotopic (exact) mass is 254 g/mol. The van der Waals surface area contributed by atoms with Gasteiger partial charge in [-0.2, -0.15) is 5.26 Å². The number of hydrogen-bond acceptors (Lipinski definition) is 4. The van der Waals surface area contributed by atoms with E-state index in [0.29, 0.717) is 5.92 Å². The number of carbonyl (C=O) groups is 1. The van der Waals surface area contributed by atoms with Gasteiger partial charge in [-0.25, -0.2) is 4.39 Å². The molecule has 0 aromatic carbocycles. The lowest BCUT2D eigenvalue weighted by molar-refractivity contribution is -0.130. The molecule has 0 bridgehead atoms. The van der Waals surface area contributed by atoms with Crippen LogP contribution in [0.5, 0.6) is 0 Å². The van der Waals surface area contributed by atoms with Crippen LogP contribution in [0.15, 0.2) is 0 Å². The van der Waals surface area contributed by atoms with Gasteiger partial charge in [0.05, 0.1) is 19.2 Å². The zero-order valence-electron chi connectivity index (χ0n) is 10.4. The van der Waals surface area contributed by atoms with Gasteiger partial charge < -0.3 is 15.5 Å². The van der Waals surface area contributed by atoms with Crippen LogP contribution in [0.2, 0.25) is 0 Å². The number of nitriles is 1. The van der Waals surface area contributed by atoms with Crippen molar-refractivity contribution in [2.75, 3.05) is 32.7 Å². The van der Waals surface area contributed by atoms with Crippen LogP contribution in [0.4, 0.5) is 4.39 Å². The van der Waals surface area contributed by atoms with Gasteiger partial charge in [-0.3, -0.25) is 4.79 Å². The molecule has 3 atom stereocenters. The van der Waals surface area contributed by atoms with Gasteiger partial charge in [0, 0.05) is 6.42 Å². The molecule has 2 aliphatic heterocycles. The summed E-state index contributed by atoms with van der Waals surface area (Å²) < 4.78 is 13.2. The Kier molecular flexibility index (Phi) is 4.50. The minimum atomic E-state index is -1.06. The van der Waals surface area contributed by atoms with Crippen LogP contribution in [0.25, 0.3) is 0 Å². The molecule has 6 heteroatoms. The summed E-state index contributed by atoms with van der Waals surface area (Å²) in [7, 11) is 0. The van der Waals surface area contributed by atoms with Crippen molar-refractivity contribution in [3.8, 4) is 6.07 Å². The van der Waals surface area contributed by atoms with Gasteiger partial charge in [0.2, 0.25) is 5.91 Å². The summed E-state index contributed by atoms with van der Waals surface area (Å²) in [5.74, 6) is 0.393. The molecule has 18 heavy (non-hydrogen) atoms. The maximum absolute atomic E-state index is 13.2. The number of rotatable bonds is 4. The lowest BCUT2D eigenvalue weighted by Gasteiger charge is -2.20. The minimum absolute atomic E-state index is 0.0593. The predicted molar refractivity (Wildman–Crippen MR) is 64.5 cm³/mol. The van der Waals surface area contributed by atoms with Crippen molar-refractivity contribution in [1.82, 2.24) is 15.5 Å². The van der Waals surface area contributed by atoms with Crippen LogP contribution in [0.1, 0.15) is 12.8 Å². The number of alkyl halides is 1. The average molecular weight is 254 g/mol. The lowest BCUT2D eigenvalue weighted by Crippen LogP contribution is -2.42. The van der Waals surface area contributed by atoms with Gasteiger partial charge in [0.25, 0.3) is 0 Å². The Balaban J connectivity index is 1.72. The van der Waals surface area contributed by atoms with Crippen LogP contribution < -0.4 is 10.6 Å². The molecule has 100 valence electrons. The Hall–Kier alpha value is -1.19. The third-order valence-electron chi connectivity index (χ3n) is 3.59. The highest BCUT2D eigenvalue weighted by Crippen LogP contribution is 2.19. The van der Waals surface area contributed by atoms with Crippen molar-refractivity contribution in [1.29, 1.82) is 5.26 Å². The number of nitrogens with zero attached hydrogens (tertiary/aromatic N) is 2. The third kappa shape index (κ3) is 3.18. The van der Waals surface area contributed by atoms with E-state index in [1.165, 1.54) is 4.90 Å². The Morgan fingerprint density at radius 3 is 3.11 bits per heavy atom. The summed E-state index contributed by atoms with van der Waals surface area (Å²) in [6.45, 7) is 3.07. The van der Waals surface area contributed by atoms with Crippen LogP contribution in [-0.4, -0.2) is 55.7 Å². The molecule has 0 aromatic heterocycles. The zero-order chi connectivity index (χ0) is 13.0. The number of halogens is 1. The Morgan fingerprint density at radius 1 is 1.61 bits per heavy atom. The number of likely N-dealkylation sites (tertiary alicyclic amines) is 1. The van der Waals surface area contributed by atoms with E-state index in [1.54, 1.807) is 0 Å². The van der Waals surface area contributed by atoms with Crippen molar-refractivity contribution in [3.63, 3.8) is 0 Å². The predicted octanol–water partition coefficient (Wildman–Crippen LogP) is -0.352. The number of carbonyl (C=O) groups excluding carboxylic acids is 1. The van der Waals surface area contributed by atoms with Gasteiger partial charge in [0.15, 0.2) is 0 Å². The molecule has 3 unspecified atom stereocenters. The van der Waals surface area contributed by atoms with Gasteiger partial charge in [-0.15, -0.1) is 0 Å². The molecule has 1 amide bonds. The van der Waals surface area contributed by atoms with Crippen LogP contribution >= 0.6 is 0 Å². The third-order valence-corrected chi connectivity index (χ3v) is 3.59. The first-order valence-electron chi connectivity index (χ1n) is 6.45. The molecule has 2 saturated heterocycles. The van der Waals surface area contributed by atoms with Gasteiger partial charge in [-0.1, -0.05) is 0 Å².